The number of carbonyl (C=O) groups is 1. The molecular weight excluding hydrogens is 354 g/mol. The smallest absolute Gasteiger partial charge is 0.162 e. The van der Waals surface area contributed by atoms with Gasteiger partial charge in [-0.2, -0.15) is 0 Å². The van der Waals surface area contributed by atoms with E-state index in [0.29, 0.717) is 30.8 Å². The highest BCUT2D eigenvalue weighted by molar-refractivity contribution is 5.95. The molecule has 0 aliphatic rings. The molecular formula is C20H26ClNO4. The first-order valence-corrected chi connectivity index (χ1v) is 8.49. The summed E-state index contributed by atoms with van der Waals surface area (Å²) in [5.41, 5.74) is 1.60. The van der Waals surface area contributed by atoms with Crippen molar-refractivity contribution in [1.29, 1.82) is 0 Å². The zero-order chi connectivity index (χ0) is 18.1. The van der Waals surface area contributed by atoms with Crippen molar-refractivity contribution in [1.82, 2.24) is 0 Å². The van der Waals surface area contributed by atoms with Crippen LogP contribution in [0.5, 0.6) is 5.75 Å². The number of nitrogens with zero attached hydrogens (tertiary/aromatic N) is 1. The summed E-state index contributed by atoms with van der Waals surface area (Å²) in [6, 6.07) is 16.6. The lowest BCUT2D eigenvalue weighted by molar-refractivity contribution is 0.0987. The molecule has 0 aromatic heterocycles. The summed E-state index contributed by atoms with van der Waals surface area (Å²) in [5, 5.41) is 19.5. The van der Waals surface area contributed by atoms with Crippen LogP contribution < -0.4 is 9.64 Å². The van der Waals surface area contributed by atoms with Gasteiger partial charge < -0.3 is 19.8 Å². The molecule has 2 rings (SSSR count). The molecule has 2 aromatic carbocycles. The number of benzene rings is 2. The third kappa shape index (κ3) is 6.67. The van der Waals surface area contributed by atoms with Crippen molar-refractivity contribution < 1.29 is 19.7 Å². The number of hydrogen-bond acceptors (Lipinski definition) is 5. The van der Waals surface area contributed by atoms with Crippen LogP contribution in [0.3, 0.4) is 0 Å². The molecule has 0 saturated heterocycles. The minimum Gasteiger partial charge on any atom is -0.491 e. The van der Waals surface area contributed by atoms with Crippen molar-refractivity contribution in [2.24, 2.45) is 0 Å². The lowest BCUT2D eigenvalue weighted by atomic mass is 10.1. The molecule has 26 heavy (non-hydrogen) atoms. The summed E-state index contributed by atoms with van der Waals surface area (Å²) in [4.78, 5) is 13.5. The number of hydrogen-bond donors (Lipinski definition) is 2. The average Bonchev–Trinajstić information content (AvgIpc) is 2.66. The van der Waals surface area contributed by atoms with Gasteiger partial charge in [0.15, 0.2) is 5.78 Å². The SMILES string of the molecule is CCC(=O)c1ccc(OCC(O)CN(CCO)c2ccccc2)cc1.Cl. The fourth-order valence-corrected chi connectivity index (χ4v) is 2.53. The molecule has 2 N–H and O–H groups in total. The van der Waals surface area contributed by atoms with Gasteiger partial charge >= 0.3 is 0 Å². The Kier molecular flexibility index (Phi) is 9.73. The lowest BCUT2D eigenvalue weighted by Gasteiger charge is -2.26. The van der Waals surface area contributed by atoms with Gasteiger partial charge in [-0.3, -0.25) is 4.79 Å². The van der Waals surface area contributed by atoms with Gasteiger partial charge in [-0.25, -0.2) is 0 Å². The summed E-state index contributed by atoms with van der Waals surface area (Å²) in [7, 11) is 0. The van der Waals surface area contributed by atoms with Crippen molar-refractivity contribution in [2.45, 2.75) is 19.4 Å². The number of ether oxygens (including phenoxy) is 1. The van der Waals surface area contributed by atoms with Crippen LogP contribution in [0.4, 0.5) is 5.69 Å². The highest BCUT2D eigenvalue weighted by Crippen LogP contribution is 2.16. The molecule has 2 aromatic rings. The molecule has 5 nitrogen and oxygen atoms in total. The van der Waals surface area contributed by atoms with E-state index in [9.17, 15) is 15.0 Å². The second-order valence-electron chi connectivity index (χ2n) is 5.77. The summed E-state index contributed by atoms with van der Waals surface area (Å²) in [6.45, 7) is 2.77. The monoisotopic (exact) mass is 379 g/mol. The quantitative estimate of drug-likeness (QED) is 0.621. The van der Waals surface area contributed by atoms with Gasteiger partial charge in [0.1, 0.15) is 18.5 Å². The molecule has 0 heterocycles. The van der Waals surface area contributed by atoms with E-state index < -0.39 is 6.10 Å². The summed E-state index contributed by atoms with van der Waals surface area (Å²) >= 11 is 0. The Balaban J connectivity index is 0.00000338. The minimum atomic E-state index is -0.705. The molecule has 1 atom stereocenters. The van der Waals surface area contributed by atoms with E-state index in [1.165, 1.54) is 0 Å². The number of carbonyl (C=O) groups excluding carboxylic acids is 1. The molecule has 0 spiro atoms. The number of anilines is 1. The van der Waals surface area contributed by atoms with E-state index in [1.807, 2.05) is 42.2 Å². The van der Waals surface area contributed by atoms with Crippen LogP contribution in [-0.4, -0.2) is 48.4 Å². The number of aliphatic hydroxyl groups excluding tert-OH is 2. The first-order valence-electron chi connectivity index (χ1n) is 8.49. The third-order valence-electron chi connectivity index (χ3n) is 3.86. The molecule has 1 unspecified atom stereocenters. The molecule has 0 bridgehead atoms. The molecule has 0 amide bonds. The van der Waals surface area contributed by atoms with Gasteiger partial charge in [-0.15, -0.1) is 12.4 Å². The van der Waals surface area contributed by atoms with E-state index in [4.69, 9.17) is 4.74 Å². The van der Waals surface area contributed by atoms with Crippen LogP contribution in [0.1, 0.15) is 23.7 Å². The van der Waals surface area contributed by atoms with Gasteiger partial charge in [-0.05, 0) is 36.4 Å². The third-order valence-corrected chi connectivity index (χ3v) is 3.86. The Morgan fingerprint density at radius 2 is 1.77 bits per heavy atom. The minimum absolute atomic E-state index is 0. The number of rotatable bonds is 10. The zero-order valence-electron chi connectivity index (χ0n) is 14.9. The number of halogens is 1. The Labute approximate surface area is 160 Å². The molecule has 6 heteroatoms. The number of Topliss-reactive ketones (excluding diaryl/α,β-unsaturated/α-hetero) is 1. The molecule has 0 aliphatic heterocycles. The van der Waals surface area contributed by atoms with Crippen molar-refractivity contribution in [3.8, 4) is 5.75 Å². The Morgan fingerprint density at radius 3 is 2.35 bits per heavy atom. The van der Waals surface area contributed by atoms with Gasteiger partial charge in [0.05, 0.1) is 6.61 Å². The van der Waals surface area contributed by atoms with Crippen LogP contribution in [0.25, 0.3) is 0 Å². The summed E-state index contributed by atoms with van der Waals surface area (Å²) < 4.78 is 5.60. The molecule has 0 aliphatic carbocycles. The highest BCUT2D eigenvalue weighted by Gasteiger charge is 2.13. The second-order valence-corrected chi connectivity index (χ2v) is 5.77. The van der Waals surface area contributed by atoms with Gasteiger partial charge in [0, 0.05) is 30.8 Å². The van der Waals surface area contributed by atoms with Gasteiger partial charge in [-0.1, -0.05) is 25.1 Å². The standard InChI is InChI=1S/C20H25NO4.ClH/c1-2-20(24)16-8-10-19(11-9-16)25-15-18(23)14-21(12-13-22)17-6-4-3-5-7-17;/h3-11,18,22-23H,2,12-15H2,1H3;1H. The lowest BCUT2D eigenvalue weighted by Crippen LogP contribution is -2.37. The molecule has 0 saturated carbocycles. The predicted molar refractivity (Wildman–Crippen MR) is 106 cm³/mol. The van der Waals surface area contributed by atoms with Crippen LogP contribution in [0.2, 0.25) is 0 Å². The highest BCUT2D eigenvalue weighted by atomic mass is 35.5. The molecule has 0 fully saturated rings. The van der Waals surface area contributed by atoms with Crippen molar-refractivity contribution in [3.63, 3.8) is 0 Å². The van der Waals surface area contributed by atoms with Crippen LogP contribution in [0, 0.1) is 0 Å². The predicted octanol–water partition coefficient (Wildman–Crippen LogP) is 2.94. The second kappa shape index (κ2) is 11.5. The Hall–Kier alpha value is -2.08. The molecule has 0 radical (unpaired) electrons. The van der Waals surface area contributed by atoms with E-state index >= 15 is 0 Å². The Bertz CT molecular complexity index is 649. The molecule has 142 valence electrons. The summed E-state index contributed by atoms with van der Waals surface area (Å²) in [6.07, 6.45) is -0.234. The van der Waals surface area contributed by atoms with E-state index in [1.54, 1.807) is 24.3 Å². The first kappa shape index (κ1) is 22.0. The first-order chi connectivity index (χ1) is 12.1. The number of aliphatic hydroxyl groups is 2. The Morgan fingerprint density at radius 1 is 1.12 bits per heavy atom. The maximum Gasteiger partial charge on any atom is 0.162 e. The van der Waals surface area contributed by atoms with E-state index in [-0.39, 0.29) is 31.4 Å². The van der Waals surface area contributed by atoms with Crippen molar-refractivity contribution in [2.75, 3.05) is 31.2 Å². The van der Waals surface area contributed by atoms with E-state index in [2.05, 4.69) is 0 Å². The van der Waals surface area contributed by atoms with Crippen LogP contribution in [-0.2, 0) is 0 Å². The fourth-order valence-electron chi connectivity index (χ4n) is 2.53. The maximum absolute atomic E-state index is 11.6. The van der Waals surface area contributed by atoms with Crippen molar-refractivity contribution >= 4 is 23.9 Å². The largest absolute Gasteiger partial charge is 0.491 e. The summed E-state index contributed by atoms with van der Waals surface area (Å²) in [5.74, 6) is 0.703. The zero-order valence-corrected chi connectivity index (χ0v) is 15.7. The average molecular weight is 380 g/mol. The number of ketones is 1. The van der Waals surface area contributed by atoms with Crippen molar-refractivity contribution in [3.05, 3.63) is 60.2 Å². The van der Waals surface area contributed by atoms with E-state index in [0.717, 1.165) is 5.69 Å². The maximum atomic E-state index is 11.6. The van der Waals surface area contributed by atoms with Gasteiger partial charge in [0.25, 0.3) is 0 Å². The van der Waals surface area contributed by atoms with Gasteiger partial charge in [0.2, 0.25) is 0 Å². The normalized spacial score (nSPS) is 11.3. The topological polar surface area (TPSA) is 70.0 Å². The fraction of sp³-hybridized carbons (Fsp3) is 0.350. The van der Waals surface area contributed by atoms with Crippen LogP contribution >= 0.6 is 12.4 Å². The number of para-hydroxylation sites is 1. The van der Waals surface area contributed by atoms with Crippen LogP contribution in [0.15, 0.2) is 54.6 Å².